The number of halogens is 1. The van der Waals surface area contributed by atoms with E-state index in [4.69, 9.17) is 10.7 Å². The molecule has 3 aromatic heterocycles. The van der Waals surface area contributed by atoms with Crippen LogP contribution in [0, 0.1) is 5.82 Å². The summed E-state index contributed by atoms with van der Waals surface area (Å²) in [5.74, 6) is -0.223. The van der Waals surface area contributed by atoms with Gasteiger partial charge in [0.25, 0.3) is 5.91 Å². The third kappa shape index (κ3) is 4.50. The second-order valence-corrected chi connectivity index (χ2v) is 13.2. The van der Waals surface area contributed by atoms with Crippen molar-refractivity contribution in [2.24, 2.45) is 5.73 Å². The van der Waals surface area contributed by atoms with E-state index in [1.54, 1.807) is 12.3 Å². The summed E-state index contributed by atoms with van der Waals surface area (Å²) in [5, 5.41) is 5.72. The summed E-state index contributed by atoms with van der Waals surface area (Å²) >= 11 is 0. The molecule has 1 saturated heterocycles. The molecule has 0 unspecified atom stereocenters. The van der Waals surface area contributed by atoms with E-state index in [0.29, 0.717) is 22.5 Å². The highest BCUT2D eigenvalue weighted by atomic mass is 19.1. The summed E-state index contributed by atoms with van der Waals surface area (Å²) in [6, 6.07) is 20.9. The molecule has 6 aromatic rings. The fraction of sp³-hybridized carbons (Fsp3) is 0.286. The summed E-state index contributed by atoms with van der Waals surface area (Å²) in [7, 11) is 2.17. The average Bonchev–Trinajstić information content (AvgIpc) is 3.54. The minimum absolute atomic E-state index is 0.0387. The van der Waals surface area contributed by atoms with E-state index >= 15 is 0 Å². The molecule has 4 heterocycles. The van der Waals surface area contributed by atoms with Crippen molar-refractivity contribution < 1.29 is 9.18 Å². The topological polar surface area (TPSA) is 105 Å². The Kier molecular flexibility index (Phi) is 6.30. The van der Waals surface area contributed by atoms with Crippen LogP contribution < -0.4 is 11.1 Å². The predicted octanol–water partition coefficient (Wildman–Crippen LogP) is 7.02. The minimum Gasteiger partial charge on any atom is -0.380 e. The maximum atomic E-state index is 14.0. The number of carbonyl (C=O) groups is 1. The molecule has 9 heteroatoms. The summed E-state index contributed by atoms with van der Waals surface area (Å²) in [6.45, 7) is 9.00. The molecular formula is C35H36FN7O. The van der Waals surface area contributed by atoms with Gasteiger partial charge in [0.15, 0.2) is 5.69 Å². The summed E-state index contributed by atoms with van der Waals surface area (Å²) < 4.78 is 16.1. The SMILES string of the molecule is CN1C(C)(C)CC(Nc2cc(-n3c4ccccc4c4c(-c5nc6ccc(F)cc6[nH]5)cccc43)cnc2C(N)=O)CC1(C)C. The molecule has 44 heavy (non-hydrogen) atoms. The summed E-state index contributed by atoms with van der Waals surface area (Å²) in [6.07, 6.45) is 3.50. The van der Waals surface area contributed by atoms with Crippen LogP contribution in [0.15, 0.2) is 72.9 Å². The van der Waals surface area contributed by atoms with Gasteiger partial charge in [0.05, 0.1) is 39.6 Å². The lowest BCUT2D eigenvalue weighted by atomic mass is 9.77. The second kappa shape index (κ2) is 9.89. The molecule has 0 atom stereocenters. The number of aromatic nitrogens is 4. The van der Waals surface area contributed by atoms with E-state index in [1.807, 2.05) is 30.3 Å². The van der Waals surface area contributed by atoms with Crippen molar-refractivity contribution in [2.45, 2.75) is 57.7 Å². The largest absolute Gasteiger partial charge is 0.380 e. The van der Waals surface area contributed by atoms with Gasteiger partial charge in [0.1, 0.15) is 11.6 Å². The molecule has 1 aliphatic rings. The Morgan fingerprint density at radius 3 is 2.48 bits per heavy atom. The Labute approximate surface area is 255 Å². The number of nitrogens with one attached hydrogen (secondary N) is 2. The van der Waals surface area contributed by atoms with Gasteiger partial charge in [-0.05, 0) is 84.0 Å². The number of nitrogens with zero attached hydrogens (tertiary/aromatic N) is 4. The van der Waals surface area contributed by atoms with E-state index in [-0.39, 0.29) is 28.6 Å². The molecule has 0 saturated carbocycles. The number of carbonyl (C=O) groups excluding carboxylic acids is 1. The first-order valence-corrected chi connectivity index (χ1v) is 14.9. The van der Waals surface area contributed by atoms with E-state index in [0.717, 1.165) is 45.9 Å². The number of H-pyrrole nitrogens is 1. The number of hydrogen-bond donors (Lipinski definition) is 3. The minimum atomic E-state index is -0.573. The van der Waals surface area contributed by atoms with E-state index < -0.39 is 5.91 Å². The Morgan fingerprint density at radius 1 is 1.00 bits per heavy atom. The van der Waals surface area contributed by atoms with Crippen molar-refractivity contribution in [3.8, 4) is 17.1 Å². The number of piperidine rings is 1. The monoisotopic (exact) mass is 589 g/mol. The van der Waals surface area contributed by atoms with Crippen LogP contribution in [0.3, 0.4) is 0 Å². The van der Waals surface area contributed by atoms with Crippen molar-refractivity contribution in [3.63, 3.8) is 0 Å². The van der Waals surface area contributed by atoms with Crippen LogP contribution in [0.5, 0.6) is 0 Å². The van der Waals surface area contributed by atoms with Gasteiger partial charge in [-0.3, -0.25) is 9.69 Å². The Balaban J connectivity index is 1.39. The van der Waals surface area contributed by atoms with Crippen molar-refractivity contribution in [1.29, 1.82) is 0 Å². The van der Waals surface area contributed by atoms with Gasteiger partial charge in [-0.15, -0.1) is 0 Å². The van der Waals surface area contributed by atoms with Crippen LogP contribution in [-0.2, 0) is 0 Å². The number of imidazole rings is 1. The first-order chi connectivity index (χ1) is 20.9. The number of fused-ring (bicyclic) bond motifs is 4. The highest BCUT2D eigenvalue weighted by Crippen LogP contribution is 2.40. The number of pyridine rings is 1. The number of hydrogen-bond acceptors (Lipinski definition) is 5. The fourth-order valence-corrected chi connectivity index (χ4v) is 7.18. The number of benzene rings is 3. The van der Waals surface area contributed by atoms with E-state index in [1.165, 1.54) is 12.1 Å². The zero-order valence-corrected chi connectivity index (χ0v) is 25.6. The molecular weight excluding hydrogens is 553 g/mol. The molecule has 1 fully saturated rings. The molecule has 0 bridgehead atoms. The average molecular weight is 590 g/mol. The van der Waals surface area contributed by atoms with Crippen LogP contribution in [0.25, 0.3) is 49.9 Å². The predicted molar refractivity (Wildman–Crippen MR) is 175 cm³/mol. The summed E-state index contributed by atoms with van der Waals surface area (Å²) in [4.78, 5) is 27.7. The maximum absolute atomic E-state index is 14.0. The van der Waals surface area contributed by atoms with Gasteiger partial charge in [-0.2, -0.15) is 0 Å². The van der Waals surface area contributed by atoms with Crippen molar-refractivity contribution in [1.82, 2.24) is 24.4 Å². The van der Waals surface area contributed by atoms with Crippen LogP contribution in [0.4, 0.5) is 10.1 Å². The first-order valence-electron chi connectivity index (χ1n) is 14.9. The number of anilines is 1. The smallest absolute Gasteiger partial charge is 0.269 e. The molecule has 1 amide bonds. The van der Waals surface area contributed by atoms with E-state index in [2.05, 4.69) is 77.7 Å². The van der Waals surface area contributed by atoms with Crippen LogP contribution in [-0.4, -0.2) is 54.5 Å². The van der Waals surface area contributed by atoms with Crippen molar-refractivity contribution >= 4 is 44.4 Å². The Hall–Kier alpha value is -4.76. The fourth-order valence-electron chi connectivity index (χ4n) is 7.18. The first kappa shape index (κ1) is 28.0. The number of primary amides is 1. The third-order valence-electron chi connectivity index (χ3n) is 9.43. The normalized spacial score (nSPS) is 17.0. The third-order valence-corrected chi connectivity index (χ3v) is 9.43. The molecule has 0 radical (unpaired) electrons. The standard InChI is InChI=1S/C35H36FN7O/c1-34(2)17-21(18-35(3,4)42(34)5)39-27-16-22(19-38-31(27)32(37)44)43-28-11-7-6-9-23(28)30-24(10-8-12-29(30)43)33-40-25-14-13-20(36)15-26(25)41-33/h6-16,19,21,39H,17-18H2,1-5H3,(H2,37,44)(H,40,41). The highest BCUT2D eigenvalue weighted by molar-refractivity contribution is 6.15. The molecule has 8 nitrogen and oxygen atoms in total. The van der Waals surface area contributed by atoms with Crippen LogP contribution in [0.1, 0.15) is 51.0 Å². The molecule has 4 N–H and O–H groups in total. The maximum Gasteiger partial charge on any atom is 0.269 e. The Morgan fingerprint density at radius 2 is 1.73 bits per heavy atom. The van der Waals surface area contributed by atoms with Gasteiger partial charge in [-0.1, -0.05) is 30.3 Å². The van der Waals surface area contributed by atoms with Gasteiger partial charge in [0, 0.05) is 33.5 Å². The zero-order chi connectivity index (χ0) is 31.0. The van der Waals surface area contributed by atoms with Crippen molar-refractivity contribution in [2.75, 3.05) is 12.4 Å². The summed E-state index contributed by atoms with van der Waals surface area (Å²) in [5.41, 5.74) is 11.6. The lowest BCUT2D eigenvalue weighted by Gasteiger charge is -2.54. The quantitative estimate of drug-likeness (QED) is 0.200. The Bertz CT molecular complexity index is 2070. The number of amides is 1. The molecule has 3 aromatic carbocycles. The van der Waals surface area contributed by atoms with Gasteiger partial charge in [-0.25, -0.2) is 14.4 Å². The number of rotatable bonds is 5. The molecule has 1 aliphatic heterocycles. The highest BCUT2D eigenvalue weighted by Gasteiger charge is 2.43. The number of aromatic amines is 1. The number of para-hydroxylation sites is 1. The number of likely N-dealkylation sites (tertiary alicyclic amines) is 1. The van der Waals surface area contributed by atoms with Gasteiger partial charge < -0.3 is 20.6 Å². The van der Waals surface area contributed by atoms with Gasteiger partial charge >= 0.3 is 0 Å². The molecule has 0 spiro atoms. The second-order valence-electron chi connectivity index (χ2n) is 13.2. The van der Waals surface area contributed by atoms with Gasteiger partial charge in [0.2, 0.25) is 0 Å². The van der Waals surface area contributed by atoms with E-state index in [9.17, 15) is 9.18 Å². The van der Waals surface area contributed by atoms with Crippen LogP contribution in [0.2, 0.25) is 0 Å². The lowest BCUT2D eigenvalue weighted by molar-refractivity contribution is -0.00768. The lowest BCUT2D eigenvalue weighted by Crippen LogP contribution is -2.61. The molecule has 7 rings (SSSR count). The van der Waals surface area contributed by atoms with Crippen molar-refractivity contribution in [3.05, 3.63) is 84.4 Å². The van der Waals surface area contributed by atoms with Crippen LogP contribution >= 0.6 is 0 Å². The molecule has 224 valence electrons. The number of nitrogens with two attached hydrogens (primary N) is 1. The molecule has 0 aliphatic carbocycles. The zero-order valence-electron chi connectivity index (χ0n) is 25.6.